The molecule has 5 aromatic rings. The van der Waals surface area contributed by atoms with E-state index in [1.54, 1.807) is 12.1 Å². The number of alkyl halides is 1. The van der Waals surface area contributed by atoms with Gasteiger partial charge in [0.1, 0.15) is 6.61 Å². The number of carbonyl (C=O) groups is 5. The topological polar surface area (TPSA) is 135 Å². The zero-order valence-electron chi connectivity index (χ0n) is 32.8. The SMILES string of the molecule is BrCc1ccccc1.CC1(C)CC(CC(=O)O)c2ccccc21.O=C(CC1CC(=O)c2ccccc21)OCc1ccccc1.O=C(O)CC1CC(=O)c2ccccc21. The number of fused-ring (bicyclic) bond motifs is 3. The summed E-state index contributed by atoms with van der Waals surface area (Å²) in [6.45, 7) is 4.66. The van der Waals surface area contributed by atoms with Gasteiger partial charge < -0.3 is 14.9 Å². The van der Waals surface area contributed by atoms with E-state index in [4.69, 9.17) is 14.9 Å². The fourth-order valence-electron chi connectivity index (χ4n) is 7.94. The van der Waals surface area contributed by atoms with Crippen LogP contribution in [0.2, 0.25) is 0 Å². The van der Waals surface area contributed by atoms with E-state index in [1.165, 1.54) is 16.7 Å². The zero-order valence-corrected chi connectivity index (χ0v) is 34.4. The Bertz CT molecular complexity index is 2200. The van der Waals surface area contributed by atoms with Gasteiger partial charge in [-0.15, -0.1) is 0 Å². The van der Waals surface area contributed by atoms with Crippen LogP contribution in [0.5, 0.6) is 0 Å². The minimum Gasteiger partial charge on any atom is -0.481 e. The lowest BCUT2D eigenvalue weighted by molar-refractivity contribution is -0.145. The molecule has 8 nitrogen and oxygen atoms in total. The lowest BCUT2D eigenvalue weighted by Gasteiger charge is -2.18. The van der Waals surface area contributed by atoms with Gasteiger partial charge in [0.25, 0.3) is 0 Å². The van der Waals surface area contributed by atoms with E-state index in [2.05, 4.69) is 54.0 Å². The molecule has 0 spiro atoms. The molecule has 0 saturated carbocycles. The number of hydrogen-bond donors (Lipinski definition) is 2. The molecular weight excluding hydrogens is 796 g/mol. The van der Waals surface area contributed by atoms with Gasteiger partial charge in [0.05, 0.1) is 19.3 Å². The molecule has 3 unspecified atom stereocenters. The van der Waals surface area contributed by atoms with Crippen molar-refractivity contribution in [2.75, 3.05) is 0 Å². The molecule has 0 heterocycles. The number of rotatable bonds is 9. The van der Waals surface area contributed by atoms with Gasteiger partial charge in [0.15, 0.2) is 11.6 Å². The molecule has 3 aliphatic carbocycles. The maximum Gasteiger partial charge on any atom is 0.306 e. The minimum atomic E-state index is -0.848. The highest BCUT2D eigenvalue weighted by atomic mass is 79.9. The third-order valence-corrected chi connectivity index (χ3v) is 11.3. The van der Waals surface area contributed by atoms with Gasteiger partial charge in [-0.2, -0.15) is 0 Å². The van der Waals surface area contributed by atoms with E-state index in [0.717, 1.165) is 34.0 Å². The number of Topliss-reactive ketones (excluding diaryl/α,β-unsaturated/α-hetero) is 2. The molecule has 2 N–H and O–H groups in total. The first-order valence-electron chi connectivity index (χ1n) is 19.4. The van der Waals surface area contributed by atoms with Crippen LogP contribution in [-0.2, 0) is 36.5 Å². The molecule has 0 bridgehead atoms. The van der Waals surface area contributed by atoms with E-state index >= 15 is 0 Å². The molecule has 8 rings (SSSR count). The number of halogens is 1. The molecule has 300 valence electrons. The van der Waals surface area contributed by atoms with Gasteiger partial charge in [-0.25, -0.2) is 0 Å². The van der Waals surface area contributed by atoms with Crippen molar-refractivity contribution >= 4 is 45.4 Å². The van der Waals surface area contributed by atoms with Gasteiger partial charge in [0, 0.05) is 41.1 Å². The van der Waals surface area contributed by atoms with Crippen LogP contribution in [0.4, 0.5) is 0 Å². The van der Waals surface area contributed by atoms with Crippen molar-refractivity contribution in [1.29, 1.82) is 0 Å². The Morgan fingerprint density at radius 1 is 0.586 bits per heavy atom. The van der Waals surface area contributed by atoms with Crippen molar-refractivity contribution < 1.29 is 38.9 Å². The third kappa shape index (κ3) is 11.9. The first-order chi connectivity index (χ1) is 27.9. The van der Waals surface area contributed by atoms with Crippen LogP contribution in [0.3, 0.4) is 0 Å². The van der Waals surface area contributed by atoms with Crippen LogP contribution >= 0.6 is 15.9 Å². The Kier molecular flexibility index (Phi) is 15.5. The maximum absolute atomic E-state index is 12.0. The van der Waals surface area contributed by atoms with Crippen LogP contribution < -0.4 is 0 Å². The highest BCUT2D eigenvalue weighted by molar-refractivity contribution is 9.08. The molecule has 0 amide bonds. The van der Waals surface area contributed by atoms with Crippen molar-refractivity contribution in [3.63, 3.8) is 0 Å². The first-order valence-corrected chi connectivity index (χ1v) is 20.5. The number of aliphatic carboxylic acids is 2. The van der Waals surface area contributed by atoms with Crippen molar-refractivity contribution in [2.24, 2.45) is 0 Å². The summed E-state index contributed by atoms with van der Waals surface area (Å²) in [7, 11) is 0. The summed E-state index contributed by atoms with van der Waals surface area (Å²) in [4.78, 5) is 56.6. The molecular formula is C49H49BrO8. The summed E-state index contributed by atoms with van der Waals surface area (Å²) >= 11 is 3.36. The van der Waals surface area contributed by atoms with E-state index in [-0.39, 0.29) is 66.6 Å². The average Bonchev–Trinajstić information content (AvgIpc) is 3.81. The van der Waals surface area contributed by atoms with Crippen LogP contribution in [0.1, 0.15) is 124 Å². The predicted molar refractivity (Wildman–Crippen MR) is 228 cm³/mol. The minimum absolute atomic E-state index is 0.0444. The van der Waals surface area contributed by atoms with E-state index in [9.17, 15) is 24.0 Å². The number of ether oxygens (including phenoxy) is 1. The van der Waals surface area contributed by atoms with Gasteiger partial charge in [0.2, 0.25) is 0 Å². The van der Waals surface area contributed by atoms with Crippen molar-refractivity contribution in [1.82, 2.24) is 0 Å². The van der Waals surface area contributed by atoms with E-state index in [0.29, 0.717) is 18.4 Å². The second kappa shape index (κ2) is 20.7. The number of carboxylic acid groups (broad SMARTS) is 2. The number of carbonyl (C=O) groups excluding carboxylic acids is 3. The predicted octanol–water partition coefficient (Wildman–Crippen LogP) is 10.8. The van der Waals surface area contributed by atoms with Gasteiger partial charge >= 0.3 is 17.9 Å². The fraction of sp³-hybridized carbons (Fsp3) is 0.286. The number of ketones is 2. The molecule has 3 atom stereocenters. The molecule has 0 radical (unpaired) electrons. The summed E-state index contributed by atoms with van der Waals surface area (Å²) in [6, 6.07) is 42.8. The molecule has 0 fully saturated rings. The number of esters is 1. The Hall–Kier alpha value is -5.67. The molecule has 9 heteroatoms. The molecule has 0 aliphatic heterocycles. The van der Waals surface area contributed by atoms with E-state index in [1.807, 2.05) is 97.1 Å². The van der Waals surface area contributed by atoms with Crippen molar-refractivity contribution in [3.8, 4) is 0 Å². The van der Waals surface area contributed by atoms with Crippen LogP contribution in [-0.4, -0.2) is 39.7 Å². The molecule has 0 aromatic heterocycles. The Morgan fingerprint density at radius 2 is 1.02 bits per heavy atom. The second-order valence-electron chi connectivity index (χ2n) is 15.4. The monoisotopic (exact) mass is 844 g/mol. The standard InChI is InChI=1S/C18H16O3.C13H16O2.C11H10O3.C7H7Br/c19-17-10-14(15-8-4-5-9-16(15)17)11-18(20)21-12-13-6-2-1-3-7-13;1-13(2)8-9(7-12(14)15)10-5-3-4-6-11(10)13;12-10-5-7(6-11(13)14)8-3-1-2-4-9(8)10;8-6-7-4-2-1-3-5-7/h1-9,14H,10-12H2;3-6,9H,7-8H2,1-2H3,(H,14,15);1-4,7H,5-6H2,(H,13,14);1-5H,6H2. The molecule has 58 heavy (non-hydrogen) atoms. The van der Waals surface area contributed by atoms with Crippen LogP contribution in [0, 0.1) is 0 Å². The third-order valence-electron chi connectivity index (χ3n) is 10.6. The highest BCUT2D eigenvalue weighted by Crippen LogP contribution is 2.47. The summed E-state index contributed by atoms with van der Waals surface area (Å²) in [5.41, 5.74) is 8.26. The smallest absolute Gasteiger partial charge is 0.306 e. The lowest BCUT2D eigenvalue weighted by Crippen LogP contribution is -2.12. The normalized spacial score (nSPS) is 17.7. The lowest BCUT2D eigenvalue weighted by atomic mass is 9.86. The summed E-state index contributed by atoms with van der Waals surface area (Å²) in [6.07, 6.45) is 2.24. The van der Waals surface area contributed by atoms with Gasteiger partial charge in [-0.1, -0.05) is 163 Å². The quantitative estimate of drug-likeness (QED) is 0.111. The summed E-state index contributed by atoms with van der Waals surface area (Å²) in [5.74, 6) is -1.61. The number of benzene rings is 5. The Morgan fingerprint density at radius 3 is 1.52 bits per heavy atom. The Labute approximate surface area is 348 Å². The highest BCUT2D eigenvalue weighted by Gasteiger charge is 2.37. The zero-order chi connectivity index (χ0) is 41.7. The molecule has 0 saturated heterocycles. The van der Waals surface area contributed by atoms with Gasteiger partial charge in [-0.05, 0) is 51.1 Å². The number of hydrogen-bond acceptors (Lipinski definition) is 6. The summed E-state index contributed by atoms with van der Waals surface area (Å²) < 4.78 is 5.29. The second-order valence-corrected chi connectivity index (χ2v) is 15.9. The first kappa shape index (κ1) is 43.5. The van der Waals surface area contributed by atoms with Crippen LogP contribution in [0.25, 0.3) is 0 Å². The molecule has 5 aromatic carbocycles. The number of carboxylic acids is 2. The fourth-order valence-corrected chi connectivity index (χ4v) is 8.31. The largest absolute Gasteiger partial charge is 0.481 e. The maximum atomic E-state index is 12.0. The van der Waals surface area contributed by atoms with Crippen molar-refractivity contribution in [3.05, 3.63) is 178 Å². The van der Waals surface area contributed by atoms with Crippen LogP contribution in [0.15, 0.2) is 133 Å². The van der Waals surface area contributed by atoms with Gasteiger partial charge in [-0.3, -0.25) is 24.0 Å². The molecule has 3 aliphatic rings. The Balaban J connectivity index is 0.000000154. The average molecular weight is 846 g/mol. The summed E-state index contributed by atoms with van der Waals surface area (Å²) in [5, 5.41) is 18.5. The van der Waals surface area contributed by atoms with Crippen molar-refractivity contribution in [2.45, 2.75) is 87.5 Å². The van der Waals surface area contributed by atoms with E-state index < -0.39 is 11.9 Å².